The maximum atomic E-state index is 12.9. The summed E-state index contributed by atoms with van der Waals surface area (Å²) >= 11 is 6.16. The lowest BCUT2D eigenvalue weighted by atomic mass is 9.79. The molecule has 0 bridgehead atoms. The first-order valence-electron chi connectivity index (χ1n) is 9.22. The first kappa shape index (κ1) is 17.1. The Morgan fingerprint density at radius 3 is 2.89 bits per heavy atom. The van der Waals surface area contributed by atoms with Crippen molar-refractivity contribution in [1.29, 1.82) is 0 Å². The van der Waals surface area contributed by atoms with Crippen LogP contribution >= 0.6 is 11.6 Å². The molecule has 140 valence electrons. The zero-order valence-corrected chi connectivity index (χ0v) is 15.9. The van der Waals surface area contributed by atoms with Crippen molar-refractivity contribution in [2.75, 3.05) is 6.54 Å². The number of hydrogen-bond acceptors (Lipinski definition) is 3. The van der Waals surface area contributed by atoms with Crippen molar-refractivity contribution in [3.63, 3.8) is 0 Å². The van der Waals surface area contributed by atoms with E-state index in [9.17, 15) is 4.79 Å². The highest BCUT2D eigenvalue weighted by molar-refractivity contribution is 6.30. The van der Waals surface area contributed by atoms with E-state index in [0.29, 0.717) is 23.7 Å². The number of ether oxygens (including phenoxy) is 2. The number of allylic oxidation sites excluding steroid dienone is 3. The molecule has 4 nitrogen and oxygen atoms in total. The topological polar surface area (TPSA) is 38.8 Å². The summed E-state index contributed by atoms with van der Waals surface area (Å²) in [5, 5.41) is 0.639. The molecule has 1 unspecified atom stereocenters. The first-order valence-corrected chi connectivity index (χ1v) is 9.60. The Morgan fingerprint density at radius 2 is 2.04 bits per heavy atom. The summed E-state index contributed by atoms with van der Waals surface area (Å²) < 4.78 is 12.0. The molecule has 0 aromatic heterocycles. The van der Waals surface area contributed by atoms with E-state index in [-0.39, 0.29) is 0 Å². The Bertz CT molecular complexity index is 1040. The second-order valence-electron chi connectivity index (χ2n) is 7.20. The van der Waals surface area contributed by atoms with Gasteiger partial charge in [-0.1, -0.05) is 54.1 Å². The van der Waals surface area contributed by atoms with E-state index >= 15 is 0 Å². The summed E-state index contributed by atoms with van der Waals surface area (Å²) in [5.41, 5.74) is 2.65. The molecule has 5 rings (SSSR count). The number of fused-ring (bicyclic) bond motifs is 3. The molecule has 5 heteroatoms. The molecule has 2 heterocycles. The minimum absolute atomic E-state index is 0.383. The predicted octanol–water partition coefficient (Wildman–Crippen LogP) is 5.30. The largest absolute Gasteiger partial charge is 0.480 e. The second-order valence-corrected chi connectivity index (χ2v) is 7.64. The van der Waals surface area contributed by atoms with Crippen molar-refractivity contribution >= 4 is 17.7 Å². The predicted molar refractivity (Wildman–Crippen MR) is 108 cm³/mol. The number of benzene rings is 2. The molecule has 0 fully saturated rings. The van der Waals surface area contributed by atoms with Crippen LogP contribution in [0.25, 0.3) is 0 Å². The van der Waals surface area contributed by atoms with Crippen LogP contribution in [-0.2, 0) is 6.42 Å². The van der Waals surface area contributed by atoms with Gasteiger partial charge in [-0.25, -0.2) is 4.79 Å². The molecule has 1 spiro atoms. The van der Waals surface area contributed by atoms with Crippen LogP contribution in [0.2, 0.25) is 5.02 Å². The van der Waals surface area contributed by atoms with Crippen molar-refractivity contribution in [1.82, 2.24) is 4.90 Å². The van der Waals surface area contributed by atoms with Gasteiger partial charge in [-0.3, -0.25) is 4.90 Å². The number of para-hydroxylation sites is 1. The van der Waals surface area contributed by atoms with Gasteiger partial charge in [0.2, 0.25) is 0 Å². The third-order valence-corrected chi connectivity index (χ3v) is 5.54. The van der Waals surface area contributed by atoms with E-state index in [4.69, 9.17) is 21.1 Å². The molecular formula is C23H18ClNO3. The molecule has 2 aromatic carbocycles. The fourth-order valence-electron chi connectivity index (χ4n) is 4.06. The number of halogens is 1. The molecule has 1 atom stereocenters. The van der Waals surface area contributed by atoms with E-state index in [1.807, 2.05) is 48.7 Å². The highest BCUT2D eigenvalue weighted by atomic mass is 35.5. The monoisotopic (exact) mass is 391 g/mol. The van der Waals surface area contributed by atoms with Crippen LogP contribution in [-0.4, -0.2) is 23.1 Å². The summed E-state index contributed by atoms with van der Waals surface area (Å²) in [6, 6.07) is 14.8. The van der Waals surface area contributed by atoms with Crippen LogP contribution in [0.15, 0.2) is 84.1 Å². The Balaban J connectivity index is 1.49. The highest BCUT2D eigenvalue weighted by Gasteiger charge is 2.48. The smallest absolute Gasteiger partial charge is 0.419 e. The van der Waals surface area contributed by atoms with Gasteiger partial charge in [-0.15, -0.1) is 0 Å². The van der Waals surface area contributed by atoms with Crippen LogP contribution in [0, 0.1) is 0 Å². The minimum Gasteiger partial charge on any atom is -0.480 e. The maximum absolute atomic E-state index is 12.9. The number of nitrogens with zero attached hydrogens (tertiary/aromatic N) is 1. The Kier molecular flexibility index (Phi) is 4.02. The molecule has 28 heavy (non-hydrogen) atoms. The number of rotatable bonds is 1. The van der Waals surface area contributed by atoms with E-state index < -0.39 is 11.7 Å². The van der Waals surface area contributed by atoms with Gasteiger partial charge in [0.05, 0.1) is 6.54 Å². The summed E-state index contributed by atoms with van der Waals surface area (Å²) in [6.45, 7) is 0.383. The lowest BCUT2D eigenvalue weighted by Crippen LogP contribution is -2.52. The quantitative estimate of drug-likeness (QED) is 0.662. The van der Waals surface area contributed by atoms with E-state index in [2.05, 4.69) is 12.2 Å². The minimum atomic E-state index is -0.627. The van der Waals surface area contributed by atoms with Crippen molar-refractivity contribution in [2.45, 2.75) is 18.4 Å². The normalized spacial score (nSPS) is 22.1. The standard InChI is InChI=1S/C23H18ClNO3/c24-18-11-10-16-13-23(28-21(16)12-18)15-25(14-17-6-4-5-9-20(17)23)22(26)27-19-7-2-1-3-8-19/h1-5,7-12,14H,6,13,15H2. The fraction of sp³-hybridized carbons (Fsp3) is 0.174. The van der Waals surface area contributed by atoms with Gasteiger partial charge in [-0.05, 0) is 41.8 Å². The van der Waals surface area contributed by atoms with Crippen LogP contribution < -0.4 is 9.47 Å². The fourth-order valence-corrected chi connectivity index (χ4v) is 4.23. The summed E-state index contributed by atoms with van der Waals surface area (Å²) in [4.78, 5) is 14.5. The van der Waals surface area contributed by atoms with Gasteiger partial charge in [-0.2, -0.15) is 0 Å². The van der Waals surface area contributed by atoms with Gasteiger partial charge < -0.3 is 9.47 Å². The van der Waals surface area contributed by atoms with Gasteiger partial charge >= 0.3 is 6.09 Å². The molecule has 0 N–H and O–H groups in total. The van der Waals surface area contributed by atoms with Crippen molar-refractivity contribution in [3.8, 4) is 11.5 Å². The molecule has 0 saturated carbocycles. The number of carbonyl (C=O) groups excluding carboxylic acids is 1. The number of amides is 1. The molecule has 0 radical (unpaired) electrons. The SMILES string of the molecule is O=C(Oc1ccccc1)N1C=C2CC=CC=C2C2(Cc3ccc(Cl)cc3O2)C1. The van der Waals surface area contributed by atoms with E-state index in [0.717, 1.165) is 28.9 Å². The van der Waals surface area contributed by atoms with Crippen molar-refractivity contribution < 1.29 is 14.3 Å². The second kappa shape index (κ2) is 6.57. The van der Waals surface area contributed by atoms with Crippen LogP contribution in [0.3, 0.4) is 0 Å². The summed E-state index contributed by atoms with van der Waals surface area (Å²) in [6.07, 6.45) is 9.12. The van der Waals surface area contributed by atoms with Gasteiger partial charge in [0, 0.05) is 23.2 Å². The van der Waals surface area contributed by atoms with Crippen LogP contribution in [0.5, 0.6) is 11.5 Å². The van der Waals surface area contributed by atoms with Gasteiger partial charge in [0.1, 0.15) is 11.5 Å². The summed E-state index contributed by atoms with van der Waals surface area (Å²) in [7, 11) is 0. The Morgan fingerprint density at radius 1 is 1.18 bits per heavy atom. The van der Waals surface area contributed by atoms with Gasteiger partial charge in [0.25, 0.3) is 0 Å². The average molecular weight is 392 g/mol. The third-order valence-electron chi connectivity index (χ3n) is 5.30. The van der Waals surface area contributed by atoms with Crippen molar-refractivity contribution in [2.24, 2.45) is 0 Å². The highest BCUT2D eigenvalue weighted by Crippen LogP contribution is 2.46. The Hall–Kier alpha value is -2.98. The lowest BCUT2D eigenvalue weighted by molar-refractivity contribution is 0.0857. The maximum Gasteiger partial charge on any atom is 0.419 e. The molecular weight excluding hydrogens is 374 g/mol. The molecule has 1 aliphatic carbocycles. The van der Waals surface area contributed by atoms with Crippen molar-refractivity contribution in [3.05, 3.63) is 94.7 Å². The molecule has 1 amide bonds. The summed E-state index contributed by atoms with van der Waals surface area (Å²) in [5.74, 6) is 1.30. The zero-order valence-electron chi connectivity index (χ0n) is 15.1. The Labute approximate surface area is 168 Å². The van der Waals surface area contributed by atoms with E-state index in [1.165, 1.54) is 0 Å². The number of carbonyl (C=O) groups is 1. The first-order chi connectivity index (χ1) is 13.6. The zero-order chi connectivity index (χ0) is 19.1. The molecule has 2 aliphatic heterocycles. The third kappa shape index (κ3) is 2.90. The molecule has 2 aromatic rings. The van der Waals surface area contributed by atoms with Crippen LogP contribution in [0.4, 0.5) is 4.79 Å². The van der Waals surface area contributed by atoms with Gasteiger partial charge in [0.15, 0.2) is 5.60 Å². The average Bonchev–Trinajstić information content (AvgIpc) is 3.06. The van der Waals surface area contributed by atoms with Crippen LogP contribution in [0.1, 0.15) is 12.0 Å². The van der Waals surface area contributed by atoms with E-state index in [1.54, 1.807) is 17.0 Å². The number of hydrogen-bond donors (Lipinski definition) is 0. The molecule has 3 aliphatic rings. The molecule has 0 saturated heterocycles. The lowest BCUT2D eigenvalue weighted by Gasteiger charge is -2.40.